The van der Waals surface area contributed by atoms with E-state index in [4.69, 9.17) is 16.3 Å². The van der Waals surface area contributed by atoms with Crippen molar-refractivity contribution in [3.63, 3.8) is 0 Å². The SMILES string of the molecule is Cn1cc(Oc2nc(Cl)nc(-n3cccn3)n2)cn1. The number of aromatic nitrogens is 7. The molecule has 0 aliphatic heterocycles. The summed E-state index contributed by atoms with van der Waals surface area (Å²) in [4.78, 5) is 12.0. The quantitative estimate of drug-likeness (QED) is 0.716. The average Bonchev–Trinajstić information content (AvgIpc) is 3.00. The minimum atomic E-state index is 0.0272. The molecule has 3 aromatic rings. The van der Waals surface area contributed by atoms with Gasteiger partial charge in [0.1, 0.15) is 0 Å². The van der Waals surface area contributed by atoms with Crippen LogP contribution in [-0.4, -0.2) is 34.5 Å². The minimum Gasteiger partial charge on any atom is -0.421 e. The lowest BCUT2D eigenvalue weighted by Gasteiger charge is -2.03. The van der Waals surface area contributed by atoms with Gasteiger partial charge in [-0.05, 0) is 17.7 Å². The first-order valence-electron chi connectivity index (χ1n) is 5.29. The Bertz CT molecular complexity index is 694. The first kappa shape index (κ1) is 11.6. The van der Waals surface area contributed by atoms with Gasteiger partial charge in [-0.15, -0.1) is 0 Å². The molecule has 3 rings (SSSR count). The van der Waals surface area contributed by atoms with Crippen molar-refractivity contribution in [3.05, 3.63) is 36.1 Å². The number of ether oxygens (including phenoxy) is 1. The highest BCUT2D eigenvalue weighted by molar-refractivity contribution is 6.28. The predicted molar refractivity (Wildman–Crippen MR) is 65.2 cm³/mol. The van der Waals surface area contributed by atoms with Crippen LogP contribution in [0.15, 0.2) is 30.9 Å². The number of nitrogens with zero attached hydrogens (tertiary/aromatic N) is 7. The average molecular weight is 278 g/mol. The summed E-state index contributed by atoms with van der Waals surface area (Å²) in [6, 6.07) is 1.83. The minimum absolute atomic E-state index is 0.0272. The summed E-state index contributed by atoms with van der Waals surface area (Å²) in [5.41, 5.74) is 0. The van der Waals surface area contributed by atoms with E-state index in [-0.39, 0.29) is 17.2 Å². The van der Waals surface area contributed by atoms with Gasteiger partial charge in [-0.25, -0.2) is 4.68 Å². The Balaban J connectivity index is 1.94. The predicted octanol–water partition coefficient (Wildman–Crippen LogP) is 1.24. The Kier molecular flexibility index (Phi) is 2.84. The van der Waals surface area contributed by atoms with Gasteiger partial charge in [0.2, 0.25) is 5.28 Å². The van der Waals surface area contributed by atoms with E-state index in [1.165, 1.54) is 4.68 Å². The Morgan fingerprint density at radius 1 is 1.21 bits per heavy atom. The molecule has 96 valence electrons. The van der Waals surface area contributed by atoms with Crippen LogP contribution in [-0.2, 0) is 7.05 Å². The van der Waals surface area contributed by atoms with Crippen LogP contribution in [0.25, 0.3) is 5.95 Å². The second-order valence-electron chi connectivity index (χ2n) is 3.59. The van der Waals surface area contributed by atoms with E-state index in [2.05, 4.69) is 25.1 Å². The van der Waals surface area contributed by atoms with Crippen LogP contribution in [0, 0.1) is 0 Å². The van der Waals surface area contributed by atoms with Gasteiger partial charge < -0.3 is 4.74 Å². The third-order valence-electron chi connectivity index (χ3n) is 2.18. The first-order chi connectivity index (χ1) is 9.20. The molecule has 0 unspecified atom stereocenters. The van der Waals surface area contributed by atoms with E-state index in [0.29, 0.717) is 5.75 Å². The molecule has 0 radical (unpaired) electrons. The highest BCUT2D eigenvalue weighted by atomic mass is 35.5. The van der Waals surface area contributed by atoms with Crippen LogP contribution >= 0.6 is 11.6 Å². The Morgan fingerprint density at radius 3 is 2.79 bits per heavy atom. The third kappa shape index (κ3) is 2.52. The molecule has 3 aromatic heterocycles. The molecule has 0 aliphatic rings. The molecule has 9 heteroatoms. The molecular weight excluding hydrogens is 270 g/mol. The molecule has 3 heterocycles. The van der Waals surface area contributed by atoms with Crippen molar-refractivity contribution in [2.45, 2.75) is 0 Å². The van der Waals surface area contributed by atoms with Crippen molar-refractivity contribution in [2.75, 3.05) is 0 Å². The molecule has 0 aromatic carbocycles. The zero-order valence-electron chi connectivity index (χ0n) is 9.80. The fraction of sp³-hybridized carbons (Fsp3) is 0.100. The second kappa shape index (κ2) is 4.65. The molecule has 0 spiro atoms. The summed E-state index contributed by atoms with van der Waals surface area (Å²) in [5, 5.41) is 8.02. The lowest BCUT2D eigenvalue weighted by Crippen LogP contribution is -2.04. The molecule has 0 atom stereocenters. The van der Waals surface area contributed by atoms with Crippen molar-refractivity contribution in [1.29, 1.82) is 0 Å². The topological polar surface area (TPSA) is 83.5 Å². The van der Waals surface area contributed by atoms with E-state index >= 15 is 0 Å². The number of rotatable bonds is 3. The zero-order chi connectivity index (χ0) is 13.2. The smallest absolute Gasteiger partial charge is 0.328 e. The molecule has 8 nitrogen and oxygen atoms in total. The summed E-state index contributed by atoms with van der Waals surface area (Å²) in [6.45, 7) is 0. The van der Waals surface area contributed by atoms with E-state index in [0.717, 1.165) is 0 Å². The van der Waals surface area contributed by atoms with Gasteiger partial charge in [0.15, 0.2) is 5.75 Å². The zero-order valence-corrected chi connectivity index (χ0v) is 10.6. The number of halogens is 1. The number of aryl methyl sites for hydroxylation is 1. The van der Waals surface area contributed by atoms with Crippen molar-refractivity contribution < 1.29 is 4.74 Å². The molecule has 0 aliphatic carbocycles. The van der Waals surface area contributed by atoms with Crippen LogP contribution in [0.3, 0.4) is 0 Å². The van der Waals surface area contributed by atoms with Gasteiger partial charge >= 0.3 is 6.01 Å². The monoisotopic (exact) mass is 277 g/mol. The molecule has 0 saturated carbocycles. The Morgan fingerprint density at radius 2 is 2.11 bits per heavy atom. The Hall–Kier alpha value is -2.48. The van der Waals surface area contributed by atoms with E-state index in [1.807, 2.05) is 0 Å². The molecule has 0 saturated heterocycles. The van der Waals surface area contributed by atoms with Crippen LogP contribution < -0.4 is 4.74 Å². The van der Waals surface area contributed by atoms with E-state index in [1.54, 1.807) is 42.6 Å². The summed E-state index contributed by atoms with van der Waals surface area (Å²) in [7, 11) is 1.78. The summed E-state index contributed by atoms with van der Waals surface area (Å²) < 4.78 is 8.51. The van der Waals surface area contributed by atoms with Crippen LogP contribution in [0.5, 0.6) is 11.8 Å². The molecule has 0 fully saturated rings. The van der Waals surface area contributed by atoms with Gasteiger partial charge in [-0.1, -0.05) is 0 Å². The normalized spacial score (nSPS) is 10.6. The molecule has 19 heavy (non-hydrogen) atoms. The number of hydrogen-bond donors (Lipinski definition) is 0. The van der Waals surface area contributed by atoms with Crippen LogP contribution in [0.4, 0.5) is 0 Å². The highest BCUT2D eigenvalue weighted by Gasteiger charge is 2.09. The summed E-state index contributed by atoms with van der Waals surface area (Å²) in [5.74, 6) is 0.792. The van der Waals surface area contributed by atoms with Gasteiger partial charge in [0.05, 0.1) is 12.4 Å². The van der Waals surface area contributed by atoms with Gasteiger partial charge in [-0.2, -0.15) is 25.1 Å². The largest absolute Gasteiger partial charge is 0.421 e. The fourth-order valence-corrected chi connectivity index (χ4v) is 1.56. The molecule has 0 N–H and O–H groups in total. The Labute approximate surface area is 112 Å². The van der Waals surface area contributed by atoms with Crippen LogP contribution in [0.1, 0.15) is 0 Å². The lowest BCUT2D eigenvalue weighted by atomic mass is 10.6. The van der Waals surface area contributed by atoms with Crippen molar-refractivity contribution in [1.82, 2.24) is 34.5 Å². The van der Waals surface area contributed by atoms with E-state index < -0.39 is 0 Å². The molecule has 0 bridgehead atoms. The lowest BCUT2D eigenvalue weighted by molar-refractivity contribution is 0.437. The number of hydrogen-bond acceptors (Lipinski definition) is 6. The summed E-state index contributed by atoms with van der Waals surface area (Å²) in [6.07, 6.45) is 6.54. The summed E-state index contributed by atoms with van der Waals surface area (Å²) >= 11 is 5.83. The third-order valence-corrected chi connectivity index (χ3v) is 2.34. The molecule has 0 amide bonds. The highest BCUT2D eigenvalue weighted by Crippen LogP contribution is 2.18. The van der Waals surface area contributed by atoms with E-state index in [9.17, 15) is 0 Å². The first-order valence-corrected chi connectivity index (χ1v) is 5.66. The van der Waals surface area contributed by atoms with Crippen molar-refractivity contribution in [3.8, 4) is 17.7 Å². The van der Waals surface area contributed by atoms with Gasteiger partial charge in [-0.3, -0.25) is 4.68 Å². The van der Waals surface area contributed by atoms with Gasteiger partial charge in [0, 0.05) is 19.4 Å². The maximum atomic E-state index is 5.83. The maximum Gasteiger partial charge on any atom is 0.328 e. The van der Waals surface area contributed by atoms with Crippen LogP contribution in [0.2, 0.25) is 5.28 Å². The second-order valence-corrected chi connectivity index (χ2v) is 3.93. The molecular formula is C10H8ClN7O. The fourth-order valence-electron chi connectivity index (χ4n) is 1.41. The maximum absolute atomic E-state index is 5.83. The van der Waals surface area contributed by atoms with Crippen molar-refractivity contribution >= 4 is 11.6 Å². The van der Waals surface area contributed by atoms with Gasteiger partial charge in [0.25, 0.3) is 5.95 Å². The standard InChI is InChI=1S/C10H8ClN7O/c1-17-6-7(5-13-17)19-10-15-8(11)14-9(16-10)18-4-2-3-12-18/h2-6H,1H3. The van der Waals surface area contributed by atoms with Crippen molar-refractivity contribution in [2.24, 2.45) is 7.05 Å².